The summed E-state index contributed by atoms with van der Waals surface area (Å²) in [5, 5.41) is 3.07. The van der Waals surface area contributed by atoms with Gasteiger partial charge in [-0.05, 0) is 37.3 Å². The number of nitrogens with zero attached hydrogens (tertiary/aromatic N) is 1. The van der Waals surface area contributed by atoms with Gasteiger partial charge in [-0.3, -0.25) is 14.4 Å². The first-order valence-electron chi connectivity index (χ1n) is 8.72. The molecule has 0 aliphatic carbocycles. The van der Waals surface area contributed by atoms with Crippen molar-refractivity contribution in [2.45, 2.75) is 19.4 Å². The van der Waals surface area contributed by atoms with Crippen LogP contribution in [0.15, 0.2) is 48.5 Å². The van der Waals surface area contributed by atoms with Crippen LogP contribution >= 0.6 is 11.6 Å². The number of nitrogens with one attached hydrogen (secondary N) is 1. The Balaban J connectivity index is 1.50. The zero-order valence-corrected chi connectivity index (χ0v) is 15.9. The Hall–Kier alpha value is -3.06. The minimum atomic E-state index is -0.630. The summed E-state index contributed by atoms with van der Waals surface area (Å²) in [7, 11) is 0. The van der Waals surface area contributed by atoms with Crippen molar-refractivity contribution in [3.05, 3.63) is 53.6 Å². The molecule has 2 aromatic rings. The van der Waals surface area contributed by atoms with Gasteiger partial charge in [0.05, 0.1) is 12.1 Å². The van der Waals surface area contributed by atoms with Crippen LogP contribution in [0.2, 0.25) is 5.02 Å². The highest BCUT2D eigenvalue weighted by Gasteiger charge is 2.31. The van der Waals surface area contributed by atoms with E-state index in [1.807, 2.05) is 6.07 Å². The molecular weight excluding hydrogens is 384 g/mol. The van der Waals surface area contributed by atoms with Gasteiger partial charge in [0.1, 0.15) is 5.75 Å². The van der Waals surface area contributed by atoms with Crippen LogP contribution < -0.4 is 15.0 Å². The monoisotopic (exact) mass is 402 g/mol. The van der Waals surface area contributed by atoms with E-state index in [2.05, 4.69) is 5.32 Å². The first-order valence-corrected chi connectivity index (χ1v) is 9.10. The molecule has 2 aromatic carbocycles. The van der Waals surface area contributed by atoms with Crippen molar-refractivity contribution in [2.24, 2.45) is 0 Å². The minimum absolute atomic E-state index is 0.0444. The highest BCUT2D eigenvalue weighted by atomic mass is 35.5. The maximum absolute atomic E-state index is 12.4. The number of esters is 1. The Morgan fingerprint density at radius 3 is 2.79 bits per heavy atom. The Morgan fingerprint density at radius 1 is 1.21 bits per heavy atom. The average molecular weight is 403 g/mol. The van der Waals surface area contributed by atoms with Crippen LogP contribution in [-0.4, -0.2) is 37.0 Å². The fourth-order valence-electron chi connectivity index (χ4n) is 2.77. The van der Waals surface area contributed by atoms with E-state index in [-0.39, 0.29) is 18.9 Å². The molecule has 0 saturated heterocycles. The largest absolute Gasteiger partial charge is 0.479 e. The number of carbonyl (C=O) groups excluding carboxylic acids is 3. The molecule has 8 heteroatoms. The van der Waals surface area contributed by atoms with Crippen molar-refractivity contribution in [3.63, 3.8) is 0 Å². The summed E-state index contributed by atoms with van der Waals surface area (Å²) < 4.78 is 10.5. The predicted molar refractivity (Wildman–Crippen MR) is 105 cm³/mol. The number of hydrogen-bond donors (Lipinski definition) is 1. The number of benzene rings is 2. The summed E-state index contributed by atoms with van der Waals surface area (Å²) >= 11 is 5.85. The van der Waals surface area contributed by atoms with E-state index in [4.69, 9.17) is 21.1 Å². The Kier molecular flexibility index (Phi) is 6.16. The third kappa shape index (κ3) is 4.80. The fourth-order valence-corrected chi connectivity index (χ4v) is 2.96. The molecule has 0 saturated carbocycles. The van der Waals surface area contributed by atoms with Gasteiger partial charge in [0, 0.05) is 17.3 Å². The van der Waals surface area contributed by atoms with Gasteiger partial charge in [-0.1, -0.05) is 29.8 Å². The second-order valence-corrected chi connectivity index (χ2v) is 6.62. The van der Waals surface area contributed by atoms with E-state index in [1.165, 1.54) is 4.90 Å². The van der Waals surface area contributed by atoms with E-state index in [1.54, 1.807) is 49.4 Å². The van der Waals surface area contributed by atoms with E-state index < -0.39 is 24.6 Å². The van der Waals surface area contributed by atoms with Crippen LogP contribution in [0.3, 0.4) is 0 Å². The Morgan fingerprint density at radius 2 is 2.00 bits per heavy atom. The molecule has 0 spiro atoms. The number of carbonyl (C=O) groups is 3. The summed E-state index contributed by atoms with van der Waals surface area (Å²) in [6.45, 7) is 1.37. The number of amides is 2. The summed E-state index contributed by atoms with van der Waals surface area (Å²) in [5.41, 5.74) is 1.12. The van der Waals surface area contributed by atoms with E-state index in [0.717, 1.165) is 0 Å². The van der Waals surface area contributed by atoms with Gasteiger partial charge in [0.2, 0.25) is 0 Å². The van der Waals surface area contributed by atoms with E-state index in [9.17, 15) is 14.4 Å². The number of fused-ring (bicyclic) bond motifs is 1. The second-order valence-electron chi connectivity index (χ2n) is 6.19. The molecule has 1 aliphatic heterocycles. The number of ether oxygens (including phenoxy) is 2. The number of hydrogen-bond acceptors (Lipinski definition) is 5. The standard InChI is InChI=1S/C20H19ClN2O5/c1-13-20(26)23(16-7-2-3-8-17(16)28-13)10-9-19(25)27-12-18(24)22-15-6-4-5-14(21)11-15/h2-8,11,13H,9-10,12H2,1H3,(H,22,24). The smallest absolute Gasteiger partial charge is 0.308 e. The van der Waals surface area contributed by atoms with Gasteiger partial charge in [0.25, 0.3) is 11.8 Å². The van der Waals surface area contributed by atoms with E-state index >= 15 is 0 Å². The van der Waals surface area contributed by atoms with Crippen LogP contribution in [-0.2, 0) is 19.1 Å². The zero-order valence-electron chi connectivity index (χ0n) is 15.2. The SMILES string of the molecule is CC1Oc2ccccc2N(CCC(=O)OCC(=O)Nc2cccc(Cl)c2)C1=O. The number of anilines is 2. The Labute approximate surface area is 167 Å². The van der Waals surface area contributed by atoms with Crippen LogP contribution in [0, 0.1) is 0 Å². The van der Waals surface area contributed by atoms with Gasteiger partial charge < -0.3 is 19.7 Å². The molecule has 1 unspecified atom stereocenters. The molecule has 3 rings (SSSR count). The van der Waals surface area contributed by atoms with Gasteiger partial charge in [-0.15, -0.1) is 0 Å². The topological polar surface area (TPSA) is 84.9 Å². The third-order valence-corrected chi connectivity index (χ3v) is 4.32. The van der Waals surface area contributed by atoms with Crippen molar-refractivity contribution in [1.29, 1.82) is 0 Å². The van der Waals surface area contributed by atoms with Crippen molar-refractivity contribution in [1.82, 2.24) is 0 Å². The minimum Gasteiger partial charge on any atom is -0.479 e. The molecule has 7 nitrogen and oxygen atoms in total. The molecule has 146 valence electrons. The lowest BCUT2D eigenvalue weighted by atomic mass is 10.2. The van der Waals surface area contributed by atoms with E-state index in [0.29, 0.717) is 22.1 Å². The molecular formula is C20H19ClN2O5. The van der Waals surface area contributed by atoms with Crippen LogP contribution in [0.4, 0.5) is 11.4 Å². The first-order chi connectivity index (χ1) is 13.4. The lowest BCUT2D eigenvalue weighted by molar-refractivity contribution is -0.147. The molecule has 1 N–H and O–H groups in total. The number of rotatable bonds is 6. The molecule has 0 radical (unpaired) electrons. The summed E-state index contributed by atoms with van der Waals surface area (Å²) in [6, 6.07) is 13.8. The van der Waals surface area contributed by atoms with Crippen molar-refractivity contribution in [3.8, 4) is 5.75 Å². The maximum Gasteiger partial charge on any atom is 0.308 e. The fraction of sp³-hybridized carbons (Fsp3) is 0.250. The zero-order chi connectivity index (χ0) is 20.1. The van der Waals surface area contributed by atoms with Gasteiger partial charge >= 0.3 is 5.97 Å². The average Bonchev–Trinajstić information content (AvgIpc) is 2.67. The quantitative estimate of drug-likeness (QED) is 0.751. The number of para-hydroxylation sites is 2. The molecule has 1 aliphatic rings. The molecule has 1 atom stereocenters. The molecule has 0 aromatic heterocycles. The van der Waals surface area contributed by atoms with Crippen molar-refractivity contribution in [2.75, 3.05) is 23.4 Å². The third-order valence-electron chi connectivity index (χ3n) is 4.09. The summed E-state index contributed by atoms with van der Waals surface area (Å²) in [4.78, 5) is 37.8. The molecule has 1 heterocycles. The predicted octanol–water partition coefficient (Wildman–Crippen LogP) is 3.03. The van der Waals surface area contributed by atoms with Gasteiger partial charge in [-0.25, -0.2) is 0 Å². The Bertz CT molecular complexity index is 902. The lowest BCUT2D eigenvalue weighted by Crippen LogP contribution is -2.45. The molecule has 2 amide bonds. The normalized spacial score (nSPS) is 15.4. The molecule has 0 bridgehead atoms. The second kappa shape index (κ2) is 8.75. The molecule has 28 heavy (non-hydrogen) atoms. The van der Waals surface area contributed by atoms with Gasteiger partial charge in [-0.2, -0.15) is 0 Å². The van der Waals surface area contributed by atoms with Crippen LogP contribution in [0.1, 0.15) is 13.3 Å². The van der Waals surface area contributed by atoms with Crippen molar-refractivity contribution >= 4 is 40.8 Å². The van der Waals surface area contributed by atoms with Crippen LogP contribution in [0.25, 0.3) is 0 Å². The maximum atomic E-state index is 12.4. The van der Waals surface area contributed by atoms with Crippen LogP contribution in [0.5, 0.6) is 5.75 Å². The van der Waals surface area contributed by atoms with Crippen molar-refractivity contribution < 1.29 is 23.9 Å². The summed E-state index contributed by atoms with van der Waals surface area (Å²) in [6.07, 6.45) is -0.675. The lowest BCUT2D eigenvalue weighted by Gasteiger charge is -2.32. The summed E-state index contributed by atoms with van der Waals surface area (Å²) in [5.74, 6) is -0.697. The number of halogens is 1. The molecule has 0 fully saturated rings. The highest BCUT2D eigenvalue weighted by Crippen LogP contribution is 2.33. The van der Waals surface area contributed by atoms with Gasteiger partial charge in [0.15, 0.2) is 12.7 Å². The highest BCUT2D eigenvalue weighted by molar-refractivity contribution is 6.30. The first kappa shape index (κ1) is 19.7.